The third kappa shape index (κ3) is 3.17. The number of aromatic nitrogens is 1. The lowest BCUT2D eigenvalue weighted by Crippen LogP contribution is -2.40. The van der Waals surface area contributed by atoms with E-state index in [0.717, 1.165) is 12.2 Å². The second kappa shape index (κ2) is 6.04. The monoisotopic (exact) mass is 287 g/mol. The van der Waals surface area contributed by atoms with Gasteiger partial charge in [-0.3, -0.25) is 0 Å². The van der Waals surface area contributed by atoms with E-state index < -0.39 is 10.0 Å². The van der Waals surface area contributed by atoms with Gasteiger partial charge in [-0.05, 0) is 12.6 Å². The van der Waals surface area contributed by atoms with Crippen LogP contribution in [0.3, 0.4) is 0 Å². The lowest BCUT2D eigenvalue weighted by molar-refractivity contribution is 0.0730. The molecule has 6 nitrogen and oxygen atoms in total. The molecule has 1 saturated heterocycles. The summed E-state index contributed by atoms with van der Waals surface area (Å²) in [7, 11) is -1.52. The van der Waals surface area contributed by atoms with Crippen LogP contribution in [-0.4, -0.2) is 50.1 Å². The summed E-state index contributed by atoms with van der Waals surface area (Å²) in [6.07, 6.45) is 1.68. The van der Waals surface area contributed by atoms with Crippen molar-refractivity contribution < 1.29 is 13.2 Å². The second-order valence-electron chi connectivity index (χ2n) is 4.57. The van der Waals surface area contributed by atoms with Crippen LogP contribution in [-0.2, 0) is 28.4 Å². The normalized spacial score (nSPS) is 17.8. The first-order valence-electron chi connectivity index (χ1n) is 6.49. The molecule has 2 rings (SSSR count). The average Bonchev–Trinajstić information content (AvgIpc) is 2.79. The largest absolute Gasteiger partial charge is 0.379 e. The Kier molecular flexibility index (Phi) is 4.62. The zero-order valence-corrected chi connectivity index (χ0v) is 12.2. The topological polar surface area (TPSA) is 63.6 Å². The summed E-state index contributed by atoms with van der Waals surface area (Å²) < 4.78 is 33.5. The first-order valence-corrected chi connectivity index (χ1v) is 7.93. The molecule has 0 bridgehead atoms. The molecule has 0 unspecified atom stereocenters. The molecule has 0 aromatic carbocycles. The first kappa shape index (κ1) is 14.5. The molecule has 1 aliphatic rings. The van der Waals surface area contributed by atoms with Crippen molar-refractivity contribution in [1.29, 1.82) is 0 Å². The van der Waals surface area contributed by atoms with Gasteiger partial charge in [-0.25, -0.2) is 8.42 Å². The van der Waals surface area contributed by atoms with Crippen LogP contribution < -0.4 is 5.32 Å². The highest BCUT2D eigenvalue weighted by Gasteiger charge is 2.27. The molecule has 0 amide bonds. The highest BCUT2D eigenvalue weighted by Crippen LogP contribution is 2.19. The Morgan fingerprint density at radius 3 is 2.68 bits per heavy atom. The van der Waals surface area contributed by atoms with E-state index in [1.807, 2.05) is 18.5 Å². The van der Waals surface area contributed by atoms with Crippen molar-refractivity contribution in [3.05, 3.63) is 18.0 Å². The fraction of sp³-hybridized carbons (Fsp3) is 0.667. The lowest BCUT2D eigenvalue weighted by Gasteiger charge is -2.25. The maximum absolute atomic E-state index is 12.5. The van der Waals surface area contributed by atoms with E-state index in [-0.39, 0.29) is 0 Å². The molecule has 0 spiro atoms. The molecule has 19 heavy (non-hydrogen) atoms. The van der Waals surface area contributed by atoms with Gasteiger partial charge in [0.25, 0.3) is 0 Å². The van der Waals surface area contributed by atoms with Crippen LogP contribution in [0.2, 0.25) is 0 Å². The maximum atomic E-state index is 12.5. The number of nitrogens with one attached hydrogen (secondary N) is 1. The summed E-state index contributed by atoms with van der Waals surface area (Å²) in [5.74, 6) is 0. The zero-order chi connectivity index (χ0) is 13.9. The highest BCUT2D eigenvalue weighted by atomic mass is 32.2. The van der Waals surface area contributed by atoms with Crippen LogP contribution >= 0.6 is 0 Å². The number of hydrogen-bond donors (Lipinski definition) is 1. The van der Waals surface area contributed by atoms with Gasteiger partial charge in [-0.2, -0.15) is 4.31 Å². The van der Waals surface area contributed by atoms with Crippen molar-refractivity contribution in [3.63, 3.8) is 0 Å². The standard InChI is InChI=1S/C12H21N3O3S/c1-3-13-9-11-8-12(10-14(11)2)19(16,17)15-4-6-18-7-5-15/h8,10,13H,3-7,9H2,1-2H3. The van der Waals surface area contributed by atoms with E-state index >= 15 is 0 Å². The van der Waals surface area contributed by atoms with Gasteiger partial charge < -0.3 is 14.6 Å². The average molecular weight is 287 g/mol. The summed E-state index contributed by atoms with van der Waals surface area (Å²) in [5.41, 5.74) is 0.966. The van der Waals surface area contributed by atoms with Crippen molar-refractivity contribution in [3.8, 4) is 0 Å². The lowest BCUT2D eigenvalue weighted by atomic mass is 10.4. The Bertz CT molecular complexity index is 518. The van der Waals surface area contributed by atoms with Gasteiger partial charge in [0.15, 0.2) is 0 Å². The molecule has 2 heterocycles. The van der Waals surface area contributed by atoms with Gasteiger partial charge >= 0.3 is 0 Å². The summed E-state index contributed by atoms with van der Waals surface area (Å²) >= 11 is 0. The Hall–Kier alpha value is -0.890. The molecule has 0 aliphatic carbocycles. The van der Waals surface area contributed by atoms with Gasteiger partial charge in [0.2, 0.25) is 10.0 Å². The third-order valence-electron chi connectivity index (χ3n) is 3.25. The predicted octanol–water partition coefficient (Wildman–Crippen LogP) is 0.156. The van der Waals surface area contributed by atoms with E-state index in [0.29, 0.717) is 37.7 Å². The van der Waals surface area contributed by atoms with E-state index in [9.17, 15) is 8.42 Å². The highest BCUT2D eigenvalue weighted by molar-refractivity contribution is 7.89. The fourth-order valence-corrected chi connectivity index (χ4v) is 3.59. The van der Waals surface area contributed by atoms with Gasteiger partial charge in [0, 0.05) is 38.6 Å². The van der Waals surface area contributed by atoms with Crippen molar-refractivity contribution in [2.24, 2.45) is 7.05 Å². The number of morpholine rings is 1. The van der Waals surface area contributed by atoms with Crippen LogP contribution in [0, 0.1) is 0 Å². The van der Waals surface area contributed by atoms with E-state index in [1.165, 1.54) is 4.31 Å². The Balaban J connectivity index is 2.20. The minimum Gasteiger partial charge on any atom is -0.379 e. The van der Waals surface area contributed by atoms with Crippen molar-refractivity contribution >= 4 is 10.0 Å². The molecular weight excluding hydrogens is 266 g/mol. The van der Waals surface area contributed by atoms with Crippen molar-refractivity contribution in [1.82, 2.24) is 14.2 Å². The Labute approximate surface area is 114 Å². The second-order valence-corrected chi connectivity index (χ2v) is 6.51. The summed E-state index contributed by atoms with van der Waals surface area (Å²) in [4.78, 5) is 0.366. The molecule has 108 valence electrons. The van der Waals surface area contributed by atoms with Crippen LogP contribution in [0.25, 0.3) is 0 Å². The Morgan fingerprint density at radius 2 is 2.05 bits per heavy atom. The summed E-state index contributed by atoms with van der Waals surface area (Å²) in [5, 5.41) is 3.20. The van der Waals surface area contributed by atoms with Crippen LogP contribution in [0.5, 0.6) is 0 Å². The number of aryl methyl sites for hydroxylation is 1. The van der Waals surface area contributed by atoms with Crippen LogP contribution in [0.4, 0.5) is 0 Å². The van der Waals surface area contributed by atoms with E-state index in [4.69, 9.17) is 4.74 Å². The number of rotatable bonds is 5. The number of sulfonamides is 1. The van der Waals surface area contributed by atoms with E-state index in [2.05, 4.69) is 5.32 Å². The molecule has 0 radical (unpaired) electrons. The van der Waals surface area contributed by atoms with Gasteiger partial charge in [0.1, 0.15) is 4.90 Å². The maximum Gasteiger partial charge on any atom is 0.244 e. The summed E-state index contributed by atoms with van der Waals surface area (Å²) in [6.45, 7) is 5.35. The zero-order valence-electron chi connectivity index (χ0n) is 11.4. The van der Waals surface area contributed by atoms with Crippen molar-refractivity contribution in [2.45, 2.75) is 18.4 Å². The molecular formula is C12H21N3O3S. The van der Waals surface area contributed by atoms with Gasteiger partial charge in [-0.1, -0.05) is 6.92 Å². The molecule has 7 heteroatoms. The minimum atomic E-state index is -3.38. The number of ether oxygens (including phenoxy) is 1. The molecule has 1 aromatic rings. The molecule has 0 atom stereocenters. The third-order valence-corrected chi connectivity index (χ3v) is 5.11. The van der Waals surface area contributed by atoms with Crippen LogP contribution in [0.15, 0.2) is 17.2 Å². The molecule has 0 saturated carbocycles. The molecule has 1 aliphatic heterocycles. The van der Waals surface area contributed by atoms with Gasteiger partial charge in [-0.15, -0.1) is 0 Å². The predicted molar refractivity (Wildman–Crippen MR) is 72.4 cm³/mol. The quantitative estimate of drug-likeness (QED) is 0.838. The smallest absolute Gasteiger partial charge is 0.244 e. The molecule has 1 aromatic heterocycles. The Morgan fingerprint density at radius 1 is 1.37 bits per heavy atom. The van der Waals surface area contributed by atoms with Gasteiger partial charge in [0.05, 0.1) is 13.2 Å². The summed E-state index contributed by atoms with van der Waals surface area (Å²) in [6, 6.07) is 1.74. The van der Waals surface area contributed by atoms with Crippen LogP contribution in [0.1, 0.15) is 12.6 Å². The fourth-order valence-electron chi connectivity index (χ4n) is 2.08. The number of hydrogen-bond acceptors (Lipinski definition) is 4. The number of nitrogens with zero attached hydrogens (tertiary/aromatic N) is 2. The van der Waals surface area contributed by atoms with Crippen molar-refractivity contribution in [2.75, 3.05) is 32.8 Å². The van der Waals surface area contributed by atoms with E-state index in [1.54, 1.807) is 12.3 Å². The SMILES string of the molecule is CCNCc1cc(S(=O)(=O)N2CCOCC2)cn1C. The molecule has 1 fully saturated rings. The first-order chi connectivity index (χ1) is 9.05. The molecule has 1 N–H and O–H groups in total. The minimum absolute atomic E-state index is 0.366.